The first-order chi connectivity index (χ1) is 15.2. The number of likely N-dealkylation sites (tertiary alicyclic amines) is 1. The van der Waals surface area contributed by atoms with Crippen LogP contribution in [0.5, 0.6) is 11.5 Å². The van der Waals surface area contributed by atoms with Gasteiger partial charge in [-0.1, -0.05) is 37.3 Å². The number of aromatic nitrogens is 1. The Morgan fingerprint density at radius 2 is 2.06 bits per heavy atom. The van der Waals surface area contributed by atoms with Crippen LogP contribution in [0.1, 0.15) is 53.7 Å². The summed E-state index contributed by atoms with van der Waals surface area (Å²) < 4.78 is 11.4. The van der Waals surface area contributed by atoms with Crippen LogP contribution in [0.25, 0.3) is 0 Å². The van der Waals surface area contributed by atoms with E-state index in [1.165, 1.54) is 16.9 Å². The van der Waals surface area contributed by atoms with Crippen molar-refractivity contribution in [3.8, 4) is 11.5 Å². The molecule has 31 heavy (non-hydrogen) atoms. The molecule has 5 nitrogen and oxygen atoms in total. The summed E-state index contributed by atoms with van der Waals surface area (Å²) in [5.41, 5.74) is 4.59. The van der Waals surface area contributed by atoms with Crippen LogP contribution in [0.3, 0.4) is 0 Å². The van der Waals surface area contributed by atoms with Gasteiger partial charge in [0.25, 0.3) is 5.91 Å². The maximum Gasteiger partial charge on any atom is 0.254 e. The summed E-state index contributed by atoms with van der Waals surface area (Å²) in [4.78, 5) is 19.7. The minimum Gasteiger partial charge on any atom is -0.493 e. The van der Waals surface area contributed by atoms with E-state index < -0.39 is 0 Å². The Kier molecular flexibility index (Phi) is 6.87. The molecule has 6 heteroatoms. The lowest BCUT2D eigenvalue weighted by molar-refractivity contribution is 0.0714. The van der Waals surface area contributed by atoms with Gasteiger partial charge in [0.15, 0.2) is 11.5 Å². The van der Waals surface area contributed by atoms with Crippen LogP contribution >= 0.6 is 11.3 Å². The molecule has 0 bridgehead atoms. The lowest BCUT2D eigenvalue weighted by Crippen LogP contribution is -2.39. The first-order valence-electron chi connectivity index (χ1n) is 10.7. The molecule has 0 unspecified atom stereocenters. The SMILES string of the molecule is CC[C@H](c1ccccc1)[C@H]1CCCN1C(=O)c1ccc(OCc2cscn2)c(OC)c1. The van der Waals surface area contributed by atoms with Crippen LogP contribution < -0.4 is 9.47 Å². The third-order valence-corrected chi connectivity index (χ3v) is 6.60. The highest BCUT2D eigenvalue weighted by atomic mass is 32.1. The van der Waals surface area contributed by atoms with E-state index in [4.69, 9.17) is 9.47 Å². The molecule has 2 aromatic carbocycles. The number of ether oxygens (including phenoxy) is 2. The summed E-state index contributed by atoms with van der Waals surface area (Å²) in [6.45, 7) is 3.37. The largest absolute Gasteiger partial charge is 0.493 e. The van der Waals surface area contributed by atoms with Gasteiger partial charge in [-0.05, 0) is 43.0 Å². The van der Waals surface area contributed by atoms with Gasteiger partial charge in [-0.25, -0.2) is 4.98 Å². The molecule has 0 radical (unpaired) electrons. The number of methoxy groups -OCH3 is 1. The van der Waals surface area contributed by atoms with Crippen LogP contribution in [0.15, 0.2) is 59.4 Å². The lowest BCUT2D eigenvalue weighted by atomic mass is 9.87. The first-order valence-corrected chi connectivity index (χ1v) is 11.7. The molecule has 0 saturated carbocycles. The summed E-state index contributed by atoms with van der Waals surface area (Å²) in [7, 11) is 1.60. The van der Waals surface area contributed by atoms with Crippen molar-refractivity contribution in [2.24, 2.45) is 0 Å². The fraction of sp³-hybridized carbons (Fsp3) is 0.360. The highest BCUT2D eigenvalue weighted by Crippen LogP contribution is 2.36. The minimum atomic E-state index is 0.0567. The Morgan fingerprint density at radius 3 is 2.77 bits per heavy atom. The molecule has 2 atom stereocenters. The zero-order valence-electron chi connectivity index (χ0n) is 18.0. The minimum absolute atomic E-state index is 0.0567. The number of amides is 1. The fourth-order valence-corrected chi connectivity index (χ4v) is 4.98. The van der Waals surface area contributed by atoms with Gasteiger partial charge in [-0.2, -0.15) is 0 Å². The van der Waals surface area contributed by atoms with Crippen molar-refractivity contribution in [3.05, 3.63) is 76.2 Å². The van der Waals surface area contributed by atoms with Gasteiger partial charge in [0, 0.05) is 29.4 Å². The van der Waals surface area contributed by atoms with Gasteiger partial charge in [-0.15, -0.1) is 11.3 Å². The molecule has 162 valence electrons. The number of carbonyl (C=O) groups is 1. The number of nitrogens with zero attached hydrogens (tertiary/aromatic N) is 2. The molecule has 1 aliphatic rings. The van der Waals surface area contributed by atoms with E-state index in [9.17, 15) is 4.79 Å². The summed E-state index contributed by atoms with van der Waals surface area (Å²) in [6, 6.07) is 16.2. The monoisotopic (exact) mass is 436 g/mol. The van der Waals surface area contributed by atoms with Crippen LogP contribution in [0.2, 0.25) is 0 Å². The van der Waals surface area contributed by atoms with E-state index >= 15 is 0 Å². The van der Waals surface area contributed by atoms with Crippen molar-refractivity contribution >= 4 is 17.2 Å². The summed E-state index contributed by atoms with van der Waals surface area (Å²) >= 11 is 1.54. The molecule has 0 spiro atoms. The van der Waals surface area contributed by atoms with Crippen LogP contribution in [-0.2, 0) is 6.61 Å². The third-order valence-electron chi connectivity index (χ3n) is 5.96. The van der Waals surface area contributed by atoms with Crippen LogP contribution in [-0.4, -0.2) is 35.5 Å². The van der Waals surface area contributed by atoms with Gasteiger partial charge < -0.3 is 14.4 Å². The molecule has 0 aliphatic carbocycles. The zero-order chi connectivity index (χ0) is 21.6. The number of benzene rings is 2. The topological polar surface area (TPSA) is 51.7 Å². The van der Waals surface area contributed by atoms with E-state index in [2.05, 4.69) is 36.2 Å². The second-order valence-corrected chi connectivity index (χ2v) is 8.49. The Labute approximate surface area is 187 Å². The van der Waals surface area contributed by atoms with Gasteiger partial charge in [0.2, 0.25) is 0 Å². The zero-order valence-corrected chi connectivity index (χ0v) is 18.8. The van der Waals surface area contributed by atoms with E-state index in [1.54, 1.807) is 18.7 Å². The maximum absolute atomic E-state index is 13.5. The number of rotatable bonds is 8. The predicted molar refractivity (Wildman–Crippen MR) is 123 cm³/mol. The number of hydrogen-bond acceptors (Lipinski definition) is 5. The Bertz CT molecular complexity index is 991. The molecule has 0 N–H and O–H groups in total. The number of carbonyl (C=O) groups excluding carboxylic acids is 1. The average Bonchev–Trinajstić information content (AvgIpc) is 3.51. The normalized spacial score (nSPS) is 16.8. The fourth-order valence-electron chi connectivity index (χ4n) is 4.44. The van der Waals surface area contributed by atoms with Gasteiger partial charge in [0.1, 0.15) is 6.61 Å². The highest BCUT2D eigenvalue weighted by molar-refractivity contribution is 7.07. The molecule has 1 amide bonds. The van der Waals surface area contributed by atoms with E-state index in [0.29, 0.717) is 29.6 Å². The van der Waals surface area contributed by atoms with Crippen molar-refractivity contribution < 1.29 is 14.3 Å². The van der Waals surface area contributed by atoms with Crippen molar-refractivity contribution in [2.45, 2.75) is 44.8 Å². The van der Waals surface area contributed by atoms with Gasteiger partial charge in [0.05, 0.1) is 18.3 Å². The Balaban J connectivity index is 1.52. The molecule has 1 aliphatic heterocycles. The summed E-state index contributed by atoms with van der Waals surface area (Å²) in [6.07, 6.45) is 3.07. The smallest absolute Gasteiger partial charge is 0.254 e. The molecule has 4 rings (SSSR count). The Morgan fingerprint density at radius 1 is 1.23 bits per heavy atom. The molecular formula is C25H28N2O3S. The quantitative estimate of drug-likeness (QED) is 0.466. The van der Waals surface area contributed by atoms with Crippen molar-refractivity contribution in [3.63, 3.8) is 0 Å². The molecule has 2 heterocycles. The first kappa shape index (κ1) is 21.4. The van der Waals surface area contributed by atoms with Crippen molar-refractivity contribution in [2.75, 3.05) is 13.7 Å². The summed E-state index contributed by atoms with van der Waals surface area (Å²) in [5, 5.41) is 1.95. The standard InChI is InChI=1S/C25H28N2O3S/c1-3-21(18-8-5-4-6-9-18)22-10-7-13-27(22)25(28)19-11-12-23(24(14-19)29-2)30-15-20-16-31-17-26-20/h4-6,8-9,11-12,14,16-17,21-22H,3,7,10,13,15H2,1-2H3/t21-,22-/m1/s1. The van der Waals surface area contributed by atoms with E-state index in [1.807, 2.05) is 28.5 Å². The van der Waals surface area contributed by atoms with Crippen LogP contribution in [0.4, 0.5) is 0 Å². The van der Waals surface area contributed by atoms with Gasteiger partial charge in [-0.3, -0.25) is 4.79 Å². The molecule has 1 aromatic heterocycles. The number of hydrogen-bond donors (Lipinski definition) is 0. The number of thiazole rings is 1. The highest BCUT2D eigenvalue weighted by Gasteiger charge is 2.35. The summed E-state index contributed by atoms with van der Waals surface area (Å²) in [5.74, 6) is 1.57. The lowest BCUT2D eigenvalue weighted by Gasteiger charge is -2.32. The van der Waals surface area contributed by atoms with E-state index in [-0.39, 0.29) is 11.9 Å². The molecule has 1 saturated heterocycles. The van der Waals surface area contributed by atoms with Crippen molar-refractivity contribution in [1.82, 2.24) is 9.88 Å². The third kappa shape index (κ3) is 4.74. The Hall–Kier alpha value is -2.86. The molecule has 3 aromatic rings. The van der Waals surface area contributed by atoms with E-state index in [0.717, 1.165) is 31.5 Å². The maximum atomic E-state index is 13.5. The van der Waals surface area contributed by atoms with Crippen LogP contribution in [0, 0.1) is 0 Å². The molecular weight excluding hydrogens is 408 g/mol. The van der Waals surface area contributed by atoms with Gasteiger partial charge >= 0.3 is 0 Å². The second kappa shape index (κ2) is 9.96. The molecule has 1 fully saturated rings. The average molecular weight is 437 g/mol. The predicted octanol–water partition coefficient (Wildman–Crippen LogP) is 5.53. The van der Waals surface area contributed by atoms with Crippen molar-refractivity contribution in [1.29, 1.82) is 0 Å². The second-order valence-electron chi connectivity index (χ2n) is 7.77.